The SMILES string of the molecule is COc1ccc(S(=O)(=O)Nc2ccc3c(c2)C(=O)N([C@@H](C)CO)C[C@H](C)[C@@H](CN(C)C(=O)Nc2ccc(C(F)(F)F)cc2)OCCCC[C@H](C)O3)cc1. The molecule has 290 valence electrons. The fourth-order valence-electron chi connectivity index (χ4n) is 5.73. The van der Waals surface area contributed by atoms with Crippen LogP contribution in [0.2, 0.25) is 0 Å². The Bertz CT molecular complexity index is 1790. The summed E-state index contributed by atoms with van der Waals surface area (Å²) < 4.78 is 85.7. The maximum Gasteiger partial charge on any atom is 0.416 e. The third-order valence-corrected chi connectivity index (χ3v) is 10.3. The summed E-state index contributed by atoms with van der Waals surface area (Å²) in [5, 5.41) is 12.8. The van der Waals surface area contributed by atoms with Crippen LogP contribution in [0.4, 0.5) is 29.3 Å². The molecular weight excluding hydrogens is 717 g/mol. The lowest BCUT2D eigenvalue weighted by Gasteiger charge is -2.35. The molecule has 4 rings (SSSR count). The number of urea groups is 1. The number of fused-ring (bicyclic) bond motifs is 1. The molecule has 0 bridgehead atoms. The molecule has 1 heterocycles. The molecule has 0 saturated heterocycles. The molecule has 53 heavy (non-hydrogen) atoms. The highest BCUT2D eigenvalue weighted by molar-refractivity contribution is 7.92. The second-order valence-corrected chi connectivity index (χ2v) is 14.9. The number of nitrogens with zero attached hydrogens (tertiary/aromatic N) is 2. The van der Waals surface area contributed by atoms with Gasteiger partial charge < -0.3 is 34.4 Å². The molecule has 0 unspecified atom stereocenters. The van der Waals surface area contributed by atoms with Gasteiger partial charge in [0.15, 0.2) is 0 Å². The van der Waals surface area contributed by atoms with Crippen LogP contribution in [0.25, 0.3) is 0 Å². The average Bonchev–Trinajstić information content (AvgIpc) is 3.12. The maximum atomic E-state index is 14.4. The minimum absolute atomic E-state index is 0.0111. The number of methoxy groups -OCH3 is 1. The number of aliphatic hydroxyl groups excluding tert-OH is 1. The number of carbonyl (C=O) groups is 2. The van der Waals surface area contributed by atoms with Crippen LogP contribution in [0.5, 0.6) is 11.5 Å². The highest BCUT2D eigenvalue weighted by Gasteiger charge is 2.32. The van der Waals surface area contributed by atoms with Crippen LogP contribution in [-0.2, 0) is 20.9 Å². The van der Waals surface area contributed by atoms with E-state index in [0.717, 1.165) is 18.6 Å². The number of benzene rings is 3. The Kier molecular flexibility index (Phi) is 14.0. The number of halogens is 3. The predicted octanol–water partition coefficient (Wildman–Crippen LogP) is 6.47. The Balaban J connectivity index is 1.59. The van der Waals surface area contributed by atoms with E-state index in [1.807, 2.05) is 13.8 Å². The molecule has 16 heteroatoms. The van der Waals surface area contributed by atoms with Crippen LogP contribution in [-0.4, -0.2) is 94.0 Å². The van der Waals surface area contributed by atoms with E-state index in [1.54, 1.807) is 13.0 Å². The molecule has 0 saturated carbocycles. The van der Waals surface area contributed by atoms with Crippen LogP contribution in [0.1, 0.15) is 56.0 Å². The lowest BCUT2D eigenvalue weighted by atomic mass is 10.0. The summed E-state index contributed by atoms with van der Waals surface area (Å²) in [6, 6.07) is 13.2. The molecule has 0 aliphatic carbocycles. The number of carbonyl (C=O) groups excluding carboxylic acids is 2. The normalized spacial score (nSPS) is 19.6. The van der Waals surface area contributed by atoms with Crippen molar-refractivity contribution in [3.8, 4) is 11.5 Å². The number of likely N-dealkylation sites (N-methyl/N-ethyl adjacent to an activating group) is 1. The number of amides is 3. The van der Waals surface area contributed by atoms with Gasteiger partial charge in [-0.2, -0.15) is 13.2 Å². The van der Waals surface area contributed by atoms with E-state index in [9.17, 15) is 36.3 Å². The van der Waals surface area contributed by atoms with E-state index in [1.165, 1.54) is 72.5 Å². The van der Waals surface area contributed by atoms with Gasteiger partial charge in [-0.3, -0.25) is 9.52 Å². The van der Waals surface area contributed by atoms with Gasteiger partial charge in [-0.25, -0.2) is 13.2 Å². The van der Waals surface area contributed by atoms with E-state index in [2.05, 4.69) is 10.0 Å². The first-order valence-corrected chi connectivity index (χ1v) is 18.7. The minimum atomic E-state index is -4.51. The maximum absolute atomic E-state index is 14.4. The van der Waals surface area contributed by atoms with Crippen LogP contribution >= 0.6 is 0 Å². The first-order chi connectivity index (χ1) is 25.0. The van der Waals surface area contributed by atoms with Crippen molar-refractivity contribution in [1.82, 2.24) is 9.80 Å². The van der Waals surface area contributed by atoms with E-state index >= 15 is 0 Å². The van der Waals surface area contributed by atoms with Gasteiger partial charge in [0.25, 0.3) is 15.9 Å². The highest BCUT2D eigenvalue weighted by Crippen LogP contribution is 2.31. The van der Waals surface area contributed by atoms with Gasteiger partial charge in [0.2, 0.25) is 0 Å². The zero-order valence-electron chi connectivity index (χ0n) is 30.4. The number of ether oxygens (including phenoxy) is 3. The summed E-state index contributed by atoms with van der Waals surface area (Å²) >= 11 is 0. The zero-order valence-corrected chi connectivity index (χ0v) is 31.2. The summed E-state index contributed by atoms with van der Waals surface area (Å²) in [6.07, 6.45) is -3.39. The van der Waals surface area contributed by atoms with Crippen molar-refractivity contribution in [3.63, 3.8) is 0 Å². The Morgan fingerprint density at radius 2 is 1.72 bits per heavy atom. The van der Waals surface area contributed by atoms with Crippen LogP contribution in [0, 0.1) is 5.92 Å². The van der Waals surface area contributed by atoms with Gasteiger partial charge in [-0.05, 0) is 99.8 Å². The van der Waals surface area contributed by atoms with E-state index in [4.69, 9.17) is 14.2 Å². The molecule has 0 spiro atoms. The molecule has 3 N–H and O–H groups in total. The number of aliphatic hydroxyl groups is 1. The molecule has 12 nitrogen and oxygen atoms in total. The third-order valence-electron chi connectivity index (χ3n) is 8.94. The second-order valence-electron chi connectivity index (χ2n) is 13.2. The summed E-state index contributed by atoms with van der Waals surface area (Å²) in [4.78, 5) is 30.3. The van der Waals surface area contributed by atoms with Crippen molar-refractivity contribution >= 4 is 33.3 Å². The molecule has 1 aliphatic rings. The molecule has 3 aromatic carbocycles. The van der Waals surface area contributed by atoms with Crippen LogP contribution in [0.3, 0.4) is 0 Å². The Labute approximate surface area is 308 Å². The number of rotatable bonds is 9. The van der Waals surface area contributed by atoms with Crippen LogP contribution in [0.15, 0.2) is 71.6 Å². The van der Waals surface area contributed by atoms with Gasteiger partial charge >= 0.3 is 12.2 Å². The van der Waals surface area contributed by atoms with E-state index in [-0.39, 0.29) is 53.4 Å². The Morgan fingerprint density at radius 3 is 2.34 bits per heavy atom. The summed E-state index contributed by atoms with van der Waals surface area (Å²) in [7, 11) is -1.05. The van der Waals surface area contributed by atoms with Gasteiger partial charge in [0.05, 0.1) is 48.0 Å². The number of sulfonamides is 1. The van der Waals surface area contributed by atoms with Crippen molar-refractivity contribution < 1.29 is 50.5 Å². The van der Waals surface area contributed by atoms with Crippen molar-refractivity contribution in [2.45, 2.75) is 69.4 Å². The van der Waals surface area contributed by atoms with Gasteiger partial charge in [0.1, 0.15) is 11.5 Å². The number of hydrogen-bond acceptors (Lipinski definition) is 8. The lowest BCUT2D eigenvalue weighted by molar-refractivity contribution is -0.137. The quantitative estimate of drug-likeness (QED) is 0.225. The minimum Gasteiger partial charge on any atom is -0.497 e. The standard InChI is InChI=1S/C37H47F3N4O8S/c1-24-21-44(25(2)23-45)35(46)32-20-29(42-53(48,49)31-16-14-30(50-5)15-17-31)13-18-33(32)52-26(3)8-6-7-19-51-34(24)22-43(4)36(47)41-28-11-9-27(10-12-28)37(38,39)40/h9-18,20,24-26,34,42,45H,6-8,19,21-23H2,1-5H3,(H,41,47)/t24-,25-,26-,34+/m0/s1. The number of anilines is 2. The number of nitrogens with one attached hydrogen (secondary N) is 2. The molecule has 3 amide bonds. The largest absolute Gasteiger partial charge is 0.497 e. The average molecular weight is 765 g/mol. The number of alkyl halides is 3. The molecular formula is C37H47F3N4O8S. The van der Waals surface area contributed by atoms with E-state index in [0.29, 0.717) is 25.2 Å². The monoisotopic (exact) mass is 764 g/mol. The Hall–Kier alpha value is -4.54. The molecule has 0 fully saturated rings. The smallest absolute Gasteiger partial charge is 0.416 e. The topological polar surface area (TPSA) is 147 Å². The second kappa shape index (κ2) is 18.0. The van der Waals surface area contributed by atoms with Crippen molar-refractivity contribution in [3.05, 3.63) is 77.9 Å². The van der Waals surface area contributed by atoms with E-state index < -0.39 is 51.8 Å². The van der Waals surface area contributed by atoms with Crippen molar-refractivity contribution in [2.24, 2.45) is 5.92 Å². The van der Waals surface area contributed by atoms with Crippen LogP contribution < -0.4 is 19.5 Å². The molecule has 0 radical (unpaired) electrons. The molecule has 4 atom stereocenters. The molecule has 1 aliphatic heterocycles. The van der Waals surface area contributed by atoms with Crippen molar-refractivity contribution in [1.29, 1.82) is 0 Å². The van der Waals surface area contributed by atoms with Gasteiger partial charge in [0, 0.05) is 44.0 Å². The molecule has 0 aromatic heterocycles. The fourth-order valence-corrected chi connectivity index (χ4v) is 6.78. The molecule has 3 aromatic rings. The Morgan fingerprint density at radius 1 is 1.06 bits per heavy atom. The third kappa shape index (κ3) is 11.2. The van der Waals surface area contributed by atoms with Gasteiger partial charge in [-0.15, -0.1) is 0 Å². The summed E-state index contributed by atoms with van der Waals surface area (Å²) in [5.74, 6) is -0.171. The zero-order chi connectivity index (χ0) is 38.9. The first-order valence-electron chi connectivity index (χ1n) is 17.2. The number of hydrogen-bond donors (Lipinski definition) is 3. The predicted molar refractivity (Wildman–Crippen MR) is 194 cm³/mol. The van der Waals surface area contributed by atoms with Crippen molar-refractivity contribution in [2.75, 3.05) is 50.5 Å². The summed E-state index contributed by atoms with van der Waals surface area (Å²) in [6.45, 7) is 5.52. The fraction of sp³-hybridized carbons (Fsp3) is 0.459. The first kappa shape index (κ1) is 41.2. The highest BCUT2D eigenvalue weighted by atomic mass is 32.2. The summed E-state index contributed by atoms with van der Waals surface area (Å²) in [5.41, 5.74) is -0.445. The van der Waals surface area contributed by atoms with Gasteiger partial charge in [-0.1, -0.05) is 6.92 Å². The lowest BCUT2D eigenvalue weighted by Crippen LogP contribution is -2.48.